The molecule has 0 aliphatic carbocycles. The van der Waals surface area contributed by atoms with Crippen molar-refractivity contribution in [2.45, 2.75) is 25.3 Å². The summed E-state index contributed by atoms with van der Waals surface area (Å²) in [5.74, 6) is -0.868. The van der Waals surface area contributed by atoms with E-state index in [4.69, 9.17) is 4.74 Å². The highest BCUT2D eigenvalue weighted by molar-refractivity contribution is 7.98. The van der Waals surface area contributed by atoms with Gasteiger partial charge in [0.05, 0.1) is 24.2 Å². The molecule has 0 saturated carbocycles. The van der Waals surface area contributed by atoms with Gasteiger partial charge in [-0.25, -0.2) is 0 Å². The Morgan fingerprint density at radius 3 is 2.21 bits per heavy atom. The minimum absolute atomic E-state index is 0.210. The van der Waals surface area contributed by atoms with Gasteiger partial charge >= 0.3 is 5.97 Å². The van der Waals surface area contributed by atoms with E-state index in [9.17, 15) is 19.2 Å². The fraction of sp³-hybridized carbons (Fsp3) is 0.500. The molecule has 150 valence electrons. The molecule has 1 aromatic carbocycles. The molecule has 3 rings (SSSR count). The van der Waals surface area contributed by atoms with Crippen LogP contribution in [0.15, 0.2) is 24.3 Å². The molecule has 8 heteroatoms. The lowest BCUT2D eigenvalue weighted by atomic mass is 9.96. The number of methoxy groups -OCH3 is 1. The van der Waals surface area contributed by atoms with Crippen molar-refractivity contribution in [2.75, 3.05) is 32.2 Å². The fourth-order valence-electron chi connectivity index (χ4n) is 3.80. The van der Waals surface area contributed by atoms with E-state index >= 15 is 0 Å². The van der Waals surface area contributed by atoms with Gasteiger partial charge in [0.15, 0.2) is 0 Å². The predicted octanol–water partition coefficient (Wildman–Crippen LogP) is 1.82. The zero-order valence-electron chi connectivity index (χ0n) is 16.1. The largest absolute Gasteiger partial charge is 0.469 e. The van der Waals surface area contributed by atoms with E-state index in [-0.39, 0.29) is 17.8 Å². The quantitative estimate of drug-likeness (QED) is 0.531. The number of hydrogen-bond acceptors (Lipinski definition) is 6. The average Bonchev–Trinajstić information content (AvgIpc) is 2.99. The Labute approximate surface area is 168 Å². The number of hydrogen-bond donors (Lipinski definition) is 0. The molecular formula is C20H24N2O5S. The SMILES string of the molecule is COC(=O)C1CCN(C(=O)[C@H](CCSC)N2C(=O)c3ccccc3C2=O)CC1. The van der Waals surface area contributed by atoms with Crippen LogP contribution in [0.3, 0.4) is 0 Å². The van der Waals surface area contributed by atoms with Gasteiger partial charge in [-0.15, -0.1) is 0 Å². The molecule has 0 radical (unpaired) electrons. The summed E-state index contributed by atoms with van der Waals surface area (Å²) >= 11 is 1.57. The van der Waals surface area contributed by atoms with Gasteiger partial charge in [0.25, 0.3) is 11.8 Å². The zero-order chi connectivity index (χ0) is 20.3. The van der Waals surface area contributed by atoms with Crippen LogP contribution in [-0.4, -0.2) is 71.7 Å². The molecule has 0 spiro atoms. The van der Waals surface area contributed by atoms with Crippen molar-refractivity contribution in [3.63, 3.8) is 0 Å². The number of fused-ring (bicyclic) bond motifs is 1. The maximum Gasteiger partial charge on any atom is 0.308 e. The number of benzene rings is 1. The van der Waals surface area contributed by atoms with E-state index in [1.165, 1.54) is 7.11 Å². The van der Waals surface area contributed by atoms with Crippen molar-refractivity contribution in [1.82, 2.24) is 9.80 Å². The van der Waals surface area contributed by atoms with Crippen molar-refractivity contribution in [1.29, 1.82) is 0 Å². The lowest BCUT2D eigenvalue weighted by Gasteiger charge is -2.35. The van der Waals surface area contributed by atoms with E-state index in [2.05, 4.69) is 0 Å². The van der Waals surface area contributed by atoms with Gasteiger partial charge in [-0.2, -0.15) is 11.8 Å². The number of amides is 3. The van der Waals surface area contributed by atoms with Gasteiger partial charge in [0.2, 0.25) is 5.91 Å². The van der Waals surface area contributed by atoms with Gasteiger partial charge in [0.1, 0.15) is 6.04 Å². The van der Waals surface area contributed by atoms with Crippen LogP contribution in [0.1, 0.15) is 40.0 Å². The lowest BCUT2D eigenvalue weighted by molar-refractivity contribution is -0.149. The second-order valence-corrected chi connectivity index (χ2v) is 7.93. The van der Waals surface area contributed by atoms with Crippen LogP contribution in [-0.2, 0) is 14.3 Å². The van der Waals surface area contributed by atoms with Crippen molar-refractivity contribution in [2.24, 2.45) is 5.92 Å². The number of nitrogens with zero attached hydrogens (tertiary/aromatic N) is 2. The molecule has 3 amide bonds. The third-order valence-corrected chi connectivity index (χ3v) is 6.00. The van der Waals surface area contributed by atoms with E-state index in [1.807, 2.05) is 6.26 Å². The van der Waals surface area contributed by atoms with Crippen LogP contribution in [0, 0.1) is 5.92 Å². The van der Waals surface area contributed by atoms with E-state index in [1.54, 1.807) is 40.9 Å². The maximum absolute atomic E-state index is 13.2. The number of thioether (sulfide) groups is 1. The maximum atomic E-state index is 13.2. The van der Waals surface area contributed by atoms with E-state index in [0.29, 0.717) is 49.2 Å². The first-order valence-corrected chi connectivity index (χ1v) is 10.7. The van der Waals surface area contributed by atoms with E-state index < -0.39 is 17.9 Å². The molecule has 2 aliphatic heterocycles. The number of esters is 1. The molecule has 1 aromatic rings. The number of rotatable bonds is 6. The molecule has 1 fully saturated rings. The molecule has 7 nitrogen and oxygen atoms in total. The summed E-state index contributed by atoms with van der Waals surface area (Å²) in [6.45, 7) is 0.828. The zero-order valence-corrected chi connectivity index (χ0v) is 16.9. The minimum Gasteiger partial charge on any atom is -0.469 e. The Bertz CT molecular complexity index is 754. The Morgan fingerprint density at radius 2 is 1.71 bits per heavy atom. The Morgan fingerprint density at radius 1 is 1.14 bits per heavy atom. The second kappa shape index (κ2) is 8.77. The summed E-state index contributed by atoms with van der Waals surface area (Å²) in [6.07, 6.45) is 3.37. The summed E-state index contributed by atoms with van der Waals surface area (Å²) in [5.41, 5.74) is 0.692. The van der Waals surface area contributed by atoms with Crippen LogP contribution in [0.2, 0.25) is 0 Å². The smallest absolute Gasteiger partial charge is 0.308 e. The second-order valence-electron chi connectivity index (χ2n) is 6.95. The van der Waals surface area contributed by atoms with Crippen molar-refractivity contribution in [3.8, 4) is 0 Å². The van der Waals surface area contributed by atoms with Crippen LogP contribution in [0.4, 0.5) is 0 Å². The first-order valence-electron chi connectivity index (χ1n) is 9.32. The summed E-state index contributed by atoms with van der Waals surface area (Å²) in [4.78, 5) is 53.4. The number of carbonyl (C=O) groups is 4. The van der Waals surface area contributed by atoms with Crippen LogP contribution in [0.25, 0.3) is 0 Å². The summed E-state index contributed by atoms with van der Waals surface area (Å²) in [6, 6.07) is 5.84. The summed E-state index contributed by atoms with van der Waals surface area (Å²) in [7, 11) is 1.36. The van der Waals surface area contributed by atoms with Crippen LogP contribution in [0.5, 0.6) is 0 Å². The number of imide groups is 1. The Kier molecular flexibility index (Phi) is 6.39. The minimum atomic E-state index is -0.825. The van der Waals surface area contributed by atoms with Gasteiger partial charge in [-0.05, 0) is 43.4 Å². The topological polar surface area (TPSA) is 84.0 Å². The van der Waals surface area contributed by atoms with Crippen molar-refractivity contribution in [3.05, 3.63) is 35.4 Å². The van der Waals surface area contributed by atoms with Crippen molar-refractivity contribution < 1.29 is 23.9 Å². The monoisotopic (exact) mass is 404 g/mol. The highest BCUT2D eigenvalue weighted by Crippen LogP contribution is 2.28. The van der Waals surface area contributed by atoms with Gasteiger partial charge in [-0.1, -0.05) is 12.1 Å². The number of likely N-dealkylation sites (tertiary alicyclic amines) is 1. The molecule has 0 N–H and O–H groups in total. The van der Waals surface area contributed by atoms with Crippen molar-refractivity contribution >= 4 is 35.5 Å². The van der Waals surface area contributed by atoms with Gasteiger partial charge < -0.3 is 9.64 Å². The predicted molar refractivity (Wildman–Crippen MR) is 105 cm³/mol. The molecular weight excluding hydrogens is 380 g/mol. The van der Waals surface area contributed by atoms with E-state index in [0.717, 1.165) is 4.90 Å². The average molecular weight is 404 g/mol. The van der Waals surface area contributed by atoms with Crippen LogP contribution >= 0.6 is 11.8 Å². The van der Waals surface area contributed by atoms with Crippen LogP contribution < -0.4 is 0 Å². The third kappa shape index (κ3) is 3.78. The highest BCUT2D eigenvalue weighted by Gasteiger charge is 2.44. The summed E-state index contributed by atoms with van der Waals surface area (Å²) in [5, 5.41) is 0. The van der Waals surface area contributed by atoms with Gasteiger partial charge in [-0.3, -0.25) is 24.1 Å². The molecule has 2 aliphatic rings. The number of carbonyl (C=O) groups excluding carboxylic acids is 4. The number of ether oxygens (including phenoxy) is 1. The lowest BCUT2D eigenvalue weighted by Crippen LogP contribution is -2.53. The molecule has 1 saturated heterocycles. The molecule has 0 unspecified atom stereocenters. The molecule has 28 heavy (non-hydrogen) atoms. The number of piperidine rings is 1. The standard InChI is InChI=1S/C20H24N2O5S/c1-27-20(26)13-7-10-21(11-8-13)19(25)16(9-12-28-2)22-17(23)14-5-3-4-6-15(14)18(22)24/h3-6,13,16H,7-12H2,1-2H3/t16-/m0/s1. The van der Waals surface area contributed by atoms with Gasteiger partial charge in [0, 0.05) is 13.1 Å². The Balaban J connectivity index is 1.78. The molecule has 2 heterocycles. The first-order chi connectivity index (χ1) is 13.5. The normalized spacial score (nSPS) is 18.2. The fourth-order valence-corrected chi connectivity index (χ4v) is 4.26. The highest BCUT2D eigenvalue weighted by atomic mass is 32.2. The molecule has 1 atom stereocenters. The third-order valence-electron chi connectivity index (χ3n) is 5.36. The molecule has 0 aromatic heterocycles. The first kappa shape index (κ1) is 20.4. The summed E-state index contributed by atoms with van der Waals surface area (Å²) < 4.78 is 4.79. The Hall–Kier alpha value is -2.35. The molecule has 0 bridgehead atoms.